The van der Waals surface area contributed by atoms with Gasteiger partial charge < -0.3 is 4.90 Å². The van der Waals surface area contributed by atoms with Gasteiger partial charge in [-0.05, 0) is 30.7 Å². The van der Waals surface area contributed by atoms with Crippen molar-refractivity contribution in [2.45, 2.75) is 24.4 Å². The Balaban J connectivity index is 2.04. The van der Waals surface area contributed by atoms with Gasteiger partial charge in [-0.1, -0.05) is 18.2 Å². The Labute approximate surface area is 131 Å². The van der Waals surface area contributed by atoms with Crippen molar-refractivity contribution in [3.63, 3.8) is 0 Å². The first-order valence-corrected chi connectivity index (χ1v) is 8.65. The highest BCUT2D eigenvalue weighted by Gasteiger charge is 2.33. The van der Waals surface area contributed by atoms with E-state index < -0.39 is 10.0 Å². The summed E-state index contributed by atoms with van der Waals surface area (Å²) in [7, 11) is -1.56. The molecule has 0 aliphatic carbocycles. The number of benzene rings is 1. The van der Waals surface area contributed by atoms with Crippen LogP contribution in [0.1, 0.15) is 12.5 Å². The smallest absolute Gasteiger partial charge is 0.245 e. The highest BCUT2D eigenvalue weighted by Crippen LogP contribution is 2.29. The van der Waals surface area contributed by atoms with Gasteiger partial charge in [0.05, 0.1) is 0 Å². The Morgan fingerprint density at radius 1 is 1.18 bits per heavy atom. The number of fused-ring (bicyclic) bond motifs is 1. The number of sulfonamides is 1. The van der Waals surface area contributed by atoms with Gasteiger partial charge in [0.1, 0.15) is 4.90 Å². The molecule has 0 radical (unpaired) electrons. The molecule has 0 bridgehead atoms. The SMILES string of the molecule is C[C@H]1CN(C)c2ccccc2CN1S(=O)(=O)c1cccnc1. The average molecular weight is 317 g/mol. The standard InChI is InChI=1S/C16H19N3O2S/c1-13-11-18(2)16-8-4-3-6-14(16)12-19(13)22(20,21)15-7-5-9-17-10-15/h3-10,13H,11-12H2,1-2H3/t13-/m0/s1. The van der Waals surface area contributed by atoms with Crippen LogP contribution in [-0.2, 0) is 16.6 Å². The van der Waals surface area contributed by atoms with Gasteiger partial charge in [-0.2, -0.15) is 4.31 Å². The summed E-state index contributed by atoms with van der Waals surface area (Å²) in [6, 6.07) is 11.0. The maximum absolute atomic E-state index is 12.9. The third-order valence-corrected chi connectivity index (χ3v) is 5.94. The van der Waals surface area contributed by atoms with Crippen LogP contribution in [0.5, 0.6) is 0 Å². The molecule has 3 rings (SSSR count). The molecule has 0 saturated heterocycles. The van der Waals surface area contributed by atoms with E-state index in [1.807, 2.05) is 38.2 Å². The molecule has 0 saturated carbocycles. The highest BCUT2D eigenvalue weighted by molar-refractivity contribution is 7.89. The molecule has 1 atom stereocenters. The van der Waals surface area contributed by atoms with Crippen molar-refractivity contribution in [3.8, 4) is 0 Å². The zero-order valence-corrected chi connectivity index (χ0v) is 13.5. The second-order valence-electron chi connectivity index (χ2n) is 5.60. The van der Waals surface area contributed by atoms with Crippen LogP contribution in [0.3, 0.4) is 0 Å². The average Bonchev–Trinajstić information content (AvgIpc) is 2.65. The van der Waals surface area contributed by atoms with Crippen molar-refractivity contribution >= 4 is 15.7 Å². The van der Waals surface area contributed by atoms with Crippen LogP contribution >= 0.6 is 0 Å². The molecule has 0 amide bonds. The molecule has 22 heavy (non-hydrogen) atoms. The fourth-order valence-corrected chi connectivity index (χ4v) is 4.45. The van der Waals surface area contributed by atoms with E-state index in [9.17, 15) is 8.42 Å². The molecule has 1 aliphatic rings. The fourth-order valence-electron chi connectivity index (χ4n) is 2.88. The van der Waals surface area contributed by atoms with Crippen LogP contribution in [0, 0.1) is 0 Å². The minimum atomic E-state index is -3.56. The highest BCUT2D eigenvalue weighted by atomic mass is 32.2. The molecule has 0 spiro atoms. The van der Waals surface area contributed by atoms with E-state index in [-0.39, 0.29) is 10.9 Å². The number of pyridine rings is 1. The number of hydrogen-bond acceptors (Lipinski definition) is 4. The van der Waals surface area contributed by atoms with Crippen LogP contribution < -0.4 is 4.90 Å². The minimum Gasteiger partial charge on any atom is -0.373 e. The van der Waals surface area contributed by atoms with E-state index in [4.69, 9.17) is 0 Å². The summed E-state index contributed by atoms with van der Waals surface area (Å²) >= 11 is 0. The summed E-state index contributed by atoms with van der Waals surface area (Å²) in [5.74, 6) is 0. The third-order valence-electron chi connectivity index (χ3n) is 4.00. The zero-order chi connectivity index (χ0) is 15.7. The summed E-state index contributed by atoms with van der Waals surface area (Å²) < 4.78 is 27.4. The maximum atomic E-state index is 12.9. The van der Waals surface area contributed by atoms with E-state index >= 15 is 0 Å². The quantitative estimate of drug-likeness (QED) is 0.851. The number of nitrogens with zero attached hydrogens (tertiary/aromatic N) is 3. The summed E-state index contributed by atoms with van der Waals surface area (Å²) in [5.41, 5.74) is 2.10. The fraction of sp³-hybridized carbons (Fsp3) is 0.312. The Hall–Kier alpha value is -1.92. The summed E-state index contributed by atoms with van der Waals surface area (Å²) in [5, 5.41) is 0. The van der Waals surface area contributed by atoms with Crippen molar-refractivity contribution in [3.05, 3.63) is 54.4 Å². The number of rotatable bonds is 2. The molecular weight excluding hydrogens is 298 g/mol. The molecule has 116 valence electrons. The molecule has 0 N–H and O–H groups in total. The van der Waals surface area contributed by atoms with E-state index in [2.05, 4.69) is 9.88 Å². The molecule has 5 nitrogen and oxygen atoms in total. The Bertz CT molecular complexity index is 762. The molecular formula is C16H19N3O2S. The van der Waals surface area contributed by atoms with Crippen molar-refractivity contribution in [2.75, 3.05) is 18.5 Å². The molecule has 1 aromatic heterocycles. The minimum absolute atomic E-state index is 0.123. The van der Waals surface area contributed by atoms with Gasteiger partial charge >= 0.3 is 0 Å². The lowest BCUT2D eigenvalue weighted by molar-refractivity contribution is 0.340. The van der Waals surface area contributed by atoms with E-state index in [0.29, 0.717) is 13.1 Å². The number of para-hydroxylation sites is 1. The predicted molar refractivity (Wildman–Crippen MR) is 86.1 cm³/mol. The van der Waals surface area contributed by atoms with Crippen LogP contribution in [0.2, 0.25) is 0 Å². The lowest BCUT2D eigenvalue weighted by atomic mass is 10.1. The first kappa shape index (κ1) is 15.0. The molecule has 0 fully saturated rings. The van der Waals surface area contributed by atoms with Crippen LogP contribution in [-0.4, -0.2) is 37.3 Å². The van der Waals surface area contributed by atoms with Gasteiger partial charge in [0, 0.05) is 44.3 Å². The lowest BCUT2D eigenvalue weighted by Crippen LogP contribution is -2.41. The normalized spacial score (nSPS) is 19.5. The monoisotopic (exact) mass is 317 g/mol. The summed E-state index contributed by atoms with van der Waals surface area (Å²) in [4.78, 5) is 6.29. The van der Waals surface area contributed by atoms with Crippen molar-refractivity contribution < 1.29 is 8.42 Å². The second-order valence-corrected chi connectivity index (χ2v) is 7.49. The molecule has 1 aromatic carbocycles. The Morgan fingerprint density at radius 3 is 2.68 bits per heavy atom. The van der Waals surface area contributed by atoms with Crippen LogP contribution in [0.15, 0.2) is 53.7 Å². The molecule has 6 heteroatoms. The number of likely N-dealkylation sites (N-methyl/N-ethyl adjacent to an activating group) is 1. The van der Waals surface area contributed by atoms with E-state index in [1.54, 1.807) is 22.6 Å². The summed E-state index contributed by atoms with van der Waals surface area (Å²) in [6.45, 7) is 2.96. The van der Waals surface area contributed by atoms with Gasteiger partial charge in [0.25, 0.3) is 0 Å². The van der Waals surface area contributed by atoms with Crippen molar-refractivity contribution in [1.82, 2.24) is 9.29 Å². The third kappa shape index (κ3) is 2.60. The van der Waals surface area contributed by atoms with E-state index in [1.165, 1.54) is 6.20 Å². The molecule has 2 heterocycles. The van der Waals surface area contributed by atoms with Crippen molar-refractivity contribution in [1.29, 1.82) is 0 Å². The van der Waals surface area contributed by atoms with E-state index in [0.717, 1.165) is 11.3 Å². The molecule has 2 aromatic rings. The lowest BCUT2D eigenvalue weighted by Gasteiger charge is -2.27. The predicted octanol–water partition coefficient (Wildman–Crippen LogP) is 2.11. The van der Waals surface area contributed by atoms with Crippen molar-refractivity contribution in [2.24, 2.45) is 0 Å². The maximum Gasteiger partial charge on any atom is 0.245 e. The Morgan fingerprint density at radius 2 is 1.95 bits per heavy atom. The summed E-state index contributed by atoms with van der Waals surface area (Å²) in [6.07, 6.45) is 2.98. The van der Waals surface area contributed by atoms with Gasteiger partial charge in [0.2, 0.25) is 10.0 Å². The number of hydrogen-bond donors (Lipinski definition) is 0. The molecule has 1 aliphatic heterocycles. The number of aromatic nitrogens is 1. The topological polar surface area (TPSA) is 53.5 Å². The largest absolute Gasteiger partial charge is 0.373 e. The second kappa shape index (κ2) is 5.70. The van der Waals surface area contributed by atoms with Gasteiger partial charge in [-0.25, -0.2) is 8.42 Å². The first-order valence-electron chi connectivity index (χ1n) is 7.21. The first-order chi connectivity index (χ1) is 10.5. The Kier molecular flexibility index (Phi) is 3.88. The van der Waals surface area contributed by atoms with Crippen LogP contribution in [0.25, 0.3) is 0 Å². The van der Waals surface area contributed by atoms with Crippen LogP contribution in [0.4, 0.5) is 5.69 Å². The van der Waals surface area contributed by atoms with Gasteiger partial charge in [-0.15, -0.1) is 0 Å². The van der Waals surface area contributed by atoms with Gasteiger partial charge in [-0.3, -0.25) is 4.98 Å². The zero-order valence-electron chi connectivity index (χ0n) is 12.7. The van der Waals surface area contributed by atoms with Gasteiger partial charge in [0.15, 0.2) is 0 Å². The number of anilines is 1. The molecule has 0 unspecified atom stereocenters.